The smallest absolute Gasteiger partial charge is 0.255 e. The summed E-state index contributed by atoms with van der Waals surface area (Å²) in [5.74, 6) is -0.232. The summed E-state index contributed by atoms with van der Waals surface area (Å²) in [7, 11) is 0. The van der Waals surface area contributed by atoms with Crippen molar-refractivity contribution in [3.63, 3.8) is 0 Å². The summed E-state index contributed by atoms with van der Waals surface area (Å²) in [6.07, 6.45) is 2.97. The lowest BCUT2D eigenvalue weighted by Gasteiger charge is -2.13. The maximum atomic E-state index is 12.5. The lowest BCUT2D eigenvalue weighted by Crippen LogP contribution is -2.25. The molecule has 124 valence electrons. The second-order valence-corrected chi connectivity index (χ2v) is 6.24. The molecule has 4 heteroatoms. The molecule has 1 fully saturated rings. The minimum Gasteiger partial charge on any atom is -0.349 e. The van der Waals surface area contributed by atoms with Crippen molar-refractivity contribution in [2.24, 2.45) is 0 Å². The van der Waals surface area contributed by atoms with Gasteiger partial charge in [0.2, 0.25) is 0 Å². The van der Waals surface area contributed by atoms with Gasteiger partial charge in [-0.2, -0.15) is 0 Å². The van der Waals surface area contributed by atoms with Crippen LogP contribution in [0, 0.1) is 6.92 Å². The van der Waals surface area contributed by atoms with Crippen LogP contribution in [-0.4, -0.2) is 17.9 Å². The summed E-state index contributed by atoms with van der Waals surface area (Å²) >= 11 is 0. The molecule has 0 atom stereocenters. The van der Waals surface area contributed by atoms with E-state index >= 15 is 0 Å². The molecule has 0 unspecified atom stereocenters. The molecule has 2 aromatic carbocycles. The van der Waals surface area contributed by atoms with Gasteiger partial charge in [0.25, 0.3) is 11.8 Å². The van der Waals surface area contributed by atoms with Gasteiger partial charge in [0.15, 0.2) is 0 Å². The van der Waals surface area contributed by atoms with Crippen LogP contribution in [0.3, 0.4) is 0 Å². The summed E-state index contributed by atoms with van der Waals surface area (Å²) in [5, 5.41) is 5.94. The van der Waals surface area contributed by atoms with E-state index in [1.165, 1.54) is 0 Å². The van der Waals surface area contributed by atoms with E-state index in [2.05, 4.69) is 17.6 Å². The highest BCUT2D eigenvalue weighted by Crippen LogP contribution is 2.22. The zero-order valence-corrected chi connectivity index (χ0v) is 14.1. The molecule has 1 saturated carbocycles. The van der Waals surface area contributed by atoms with Crippen LogP contribution in [0.4, 0.5) is 5.69 Å². The van der Waals surface area contributed by atoms with Crippen LogP contribution in [0.25, 0.3) is 0 Å². The molecule has 0 spiro atoms. The molecule has 4 nitrogen and oxygen atoms in total. The Morgan fingerprint density at radius 1 is 1.00 bits per heavy atom. The molecule has 0 saturated heterocycles. The zero-order valence-electron chi connectivity index (χ0n) is 14.1. The molecule has 0 radical (unpaired) electrons. The summed E-state index contributed by atoms with van der Waals surface area (Å²) in [6.45, 7) is 4.05. The van der Waals surface area contributed by atoms with E-state index in [4.69, 9.17) is 0 Å². The second-order valence-electron chi connectivity index (χ2n) is 6.24. The van der Waals surface area contributed by atoms with E-state index in [9.17, 15) is 9.59 Å². The Kier molecular flexibility index (Phi) is 4.65. The first-order valence-electron chi connectivity index (χ1n) is 8.39. The Bertz CT molecular complexity index is 762. The first-order valence-corrected chi connectivity index (χ1v) is 8.39. The van der Waals surface area contributed by atoms with Gasteiger partial charge in [0.1, 0.15) is 0 Å². The number of nitrogens with one attached hydrogen (secondary N) is 2. The number of hydrogen-bond donors (Lipinski definition) is 2. The van der Waals surface area contributed by atoms with E-state index in [1.807, 2.05) is 25.1 Å². The second kappa shape index (κ2) is 6.87. The molecular weight excluding hydrogens is 300 g/mol. The maximum Gasteiger partial charge on any atom is 0.255 e. The van der Waals surface area contributed by atoms with Crippen LogP contribution in [0.1, 0.15) is 51.6 Å². The first-order chi connectivity index (χ1) is 11.6. The Hall–Kier alpha value is -2.62. The summed E-state index contributed by atoms with van der Waals surface area (Å²) in [4.78, 5) is 24.5. The number of para-hydroxylation sites is 1. The quantitative estimate of drug-likeness (QED) is 0.882. The van der Waals surface area contributed by atoms with E-state index in [0.29, 0.717) is 17.2 Å². The van der Waals surface area contributed by atoms with Crippen LogP contribution in [-0.2, 0) is 6.42 Å². The number of carbonyl (C=O) groups excluding carboxylic acids is 2. The third-order valence-corrected chi connectivity index (χ3v) is 4.30. The molecule has 0 bridgehead atoms. The van der Waals surface area contributed by atoms with Crippen LogP contribution in [0.15, 0.2) is 42.5 Å². The normalized spacial score (nSPS) is 13.4. The Morgan fingerprint density at radius 2 is 1.62 bits per heavy atom. The molecular formula is C20H22N2O2. The molecule has 2 aromatic rings. The Morgan fingerprint density at radius 3 is 2.21 bits per heavy atom. The summed E-state index contributed by atoms with van der Waals surface area (Å²) in [5.41, 5.74) is 4.17. The van der Waals surface area contributed by atoms with Gasteiger partial charge in [-0.3, -0.25) is 9.59 Å². The average molecular weight is 322 g/mol. The van der Waals surface area contributed by atoms with Crippen molar-refractivity contribution in [3.8, 4) is 0 Å². The highest BCUT2D eigenvalue weighted by atomic mass is 16.2. The molecule has 3 rings (SSSR count). The van der Waals surface area contributed by atoms with Crippen LogP contribution < -0.4 is 10.6 Å². The highest BCUT2D eigenvalue weighted by molar-refractivity contribution is 6.05. The van der Waals surface area contributed by atoms with Gasteiger partial charge in [0.05, 0.1) is 0 Å². The van der Waals surface area contributed by atoms with E-state index in [0.717, 1.165) is 36.1 Å². The fourth-order valence-electron chi connectivity index (χ4n) is 2.66. The molecule has 1 aliphatic carbocycles. The third-order valence-electron chi connectivity index (χ3n) is 4.30. The minimum atomic E-state index is -0.159. The van der Waals surface area contributed by atoms with Crippen molar-refractivity contribution < 1.29 is 9.59 Å². The topological polar surface area (TPSA) is 58.2 Å². The number of rotatable bonds is 5. The molecule has 0 aromatic heterocycles. The van der Waals surface area contributed by atoms with E-state index in [-0.39, 0.29) is 11.8 Å². The number of aryl methyl sites for hydroxylation is 2. The van der Waals surface area contributed by atoms with Gasteiger partial charge in [-0.05, 0) is 61.6 Å². The van der Waals surface area contributed by atoms with Gasteiger partial charge >= 0.3 is 0 Å². The van der Waals surface area contributed by atoms with E-state index < -0.39 is 0 Å². The Balaban J connectivity index is 1.72. The van der Waals surface area contributed by atoms with Gasteiger partial charge in [-0.1, -0.05) is 25.1 Å². The van der Waals surface area contributed by atoms with Crippen LogP contribution in [0.5, 0.6) is 0 Å². The number of hydrogen-bond acceptors (Lipinski definition) is 2. The van der Waals surface area contributed by atoms with Crippen molar-refractivity contribution in [2.75, 3.05) is 5.32 Å². The number of amides is 2. The minimum absolute atomic E-state index is 0.0726. The average Bonchev–Trinajstić information content (AvgIpc) is 3.40. The van der Waals surface area contributed by atoms with Gasteiger partial charge in [0, 0.05) is 22.9 Å². The largest absolute Gasteiger partial charge is 0.349 e. The molecule has 0 aliphatic heterocycles. The highest BCUT2D eigenvalue weighted by Gasteiger charge is 2.23. The first kappa shape index (κ1) is 16.2. The Labute approximate surface area is 142 Å². The van der Waals surface area contributed by atoms with Crippen molar-refractivity contribution in [1.29, 1.82) is 0 Å². The molecule has 0 heterocycles. The molecule has 2 amide bonds. The molecule has 24 heavy (non-hydrogen) atoms. The standard InChI is InChI=1S/C20H22N2O2/c1-3-14-6-4-5-13(2)18(14)22-20(24)16-9-7-15(8-10-16)19(23)21-17-11-12-17/h4-10,17H,3,11-12H2,1-2H3,(H,21,23)(H,22,24). The van der Waals surface area contributed by atoms with Crippen molar-refractivity contribution in [2.45, 2.75) is 39.2 Å². The van der Waals surface area contributed by atoms with Gasteiger partial charge in [-0.25, -0.2) is 0 Å². The van der Waals surface area contributed by atoms with Crippen LogP contribution >= 0.6 is 0 Å². The van der Waals surface area contributed by atoms with Gasteiger partial charge < -0.3 is 10.6 Å². The van der Waals surface area contributed by atoms with E-state index in [1.54, 1.807) is 24.3 Å². The number of anilines is 1. The monoisotopic (exact) mass is 322 g/mol. The molecule has 1 aliphatic rings. The lowest BCUT2D eigenvalue weighted by molar-refractivity contribution is 0.0949. The van der Waals surface area contributed by atoms with Crippen molar-refractivity contribution in [3.05, 3.63) is 64.7 Å². The summed E-state index contributed by atoms with van der Waals surface area (Å²) < 4.78 is 0. The number of carbonyl (C=O) groups is 2. The fourth-order valence-corrected chi connectivity index (χ4v) is 2.66. The third kappa shape index (κ3) is 3.65. The lowest BCUT2D eigenvalue weighted by atomic mass is 10.0. The SMILES string of the molecule is CCc1cccc(C)c1NC(=O)c1ccc(C(=O)NC2CC2)cc1. The predicted octanol–water partition coefficient (Wildman–Crippen LogP) is 3.70. The number of benzene rings is 2. The summed E-state index contributed by atoms with van der Waals surface area (Å²) in [6, 6.07) is 13.1. The predicted molar refractivity (Wildman–Crippen MR) is 95.4 cm³/mol. The maximum absolute atomic E-state index is 12.5. The van der Waals surface area contributed by atoms with Gasteiger partial charge in [-0.15, -0.1) is 0 Å². The fraction of sp³-hybridized carbons (Fsp3) is 0.300. The zero-order chi connectivity index (χ0) is 17.1. The van der Waals surface area contributed by atoms with Crippen molar-refractivity contribution >= 4 is 17.5 Å². The van der Waals surface area contributed by atoms with Crippen LogP contribution in [0.2, 0.25) is 0 Å². The molecule has 2 N–H and O–H groups in total. The van der Waals surface area contributed by atoms with Crippen molar-refractivity contribution in [1.82, 2.24) is 5.32 Å².